The number of benzene rings is 2. The molecule has 11 heteroatoms. The molecule has 142 valence electrons. The number of halogens is 4. The summed E-state index contributed by atoms with van der Waals surface area (Å²) in [7, 11) is 0. The highest BCUT2D eigenvalue weighted by Gasteiger charge is 2.31. The molecule has 0 fully saturated rings. The standard InChI is InChI=1S/C17H10F4N6O/c18-12-6-9(17(19,20)21)4-5-10(12)11-2-1-3-13(24-14-7-22-27-25-14)15(11)16-26-23-8-28-16/h1-8H,(H2,22,24,25,27). The van der Waals surface area contributed by atoms with Crippen LogP contribution in [0.15, 0.2) is 53.4 Å². The SMILES string of the molecule is Fc1cc(C(F)(F)F)ccc1-c1cccc(Nc2cn[nH]n2)c1-c1nnco1. The summed E-state index contributed by atoms with van der Waals surface area (Å²) in [5.41, 5.74) is -0.129. The zero-order valence-corrected chi connectivity index (χ0v) is 13.8. The third-order valence-corrected chi connectivity index (χ3v) is 3.90. The second kappa shape index (κ2) is 6.76. The molecule has 0 atom stereocenters. The highest BCUT2D eigenvalue weighted by molar-refractivity contribution is 5.90. The van der Waals surface area contributed by atoms with E-state index >= 15 is 0 Å². The summed E-state index contributed by atoms with van der Waals surface area (Å²) in [6.07, 6.45) is -2.14. The van der Waals surface area contributed by atoms with Crippen LogP contribution in [0.3, 0.4) is 0 Å². The number of anilines is 2. The zero-order valence-electron chi connectivity index (χ0n) is 13.8. The van der Waals surface area contributed by atoms with E-state index in [2.05, 4.69) is 30.9 Å². The number of aromatic amines is 1. The lowest BCUT2D eigenvalue weighted by molar-refractivity contribution is -0.137. The number of nitrogens with zero attached hydrogens (tertiary/aromatic N) is 4. The molecule has 0 aliphatic heterocycles. The summed E-state index contributed by atoms with van der Waals surface area (Å²) in [5, 5.41) is 20.4. The van der Waals surface area contributed by atoms with E-state index < -0.39 is 17.6 Å². The molecular formula is C17H10F4N6O. The third-order valence-electron chi connectivity index (χ3n) is 3.90. The fourth-order valence-electron chi connectivity index (χ4n) is 2.70. The minimum absolute atomic E-state index is 0.0509. The van der Waals surface area contributed by atoms with Crippen LogP contribution in [0.2, 0.25) is 0 Å². The lowest BCUT2D eigenvalue weighted by atomic mass is 9.96. The molecule has 4 aromatic rings. The van der Waals surface area contributed by atoms with Gasteiger partial charge in [-0.15, -0.1) is 15.3 Å². The summed E-state index contributed by atoms with van der Waals surface area (Å²) in [6.45, 7) is 0. The third kappa shape index (κ3) is 3.29. The Morgan fingerprint density at radius 3 is 2.57 bits per heavy atom. The van der Waals surface area contributed by atoms with Gasteiger partial charge in [0.25, 0.3) is 0 Å². The largest absolute Gasteiger partial charge is 0.423 e. The van der Waals surface area contributed by atoms with E-state index in [1.807, 2.05) is 0 Å². The van der Waals surface area contributed by atoms with Gasteiger partial charge >= 0.3 is 6.18 Å². The van der Waals surface area contributed by atoms with Gasteiger partial charge in [-0.3, -0.25) is 0 Å². The first-order valence-electron chi connectivity index (χ1n) is 7.83. The number of aromatic nitrogens is 5. The zero-order chi connectivity index (χ0) is 19.7. The molecule has 28 heavy (non-hydrogen) atoms. The molecule has 0 unspecified atom stereocenters. The lowest BCUT2D eigenvalue weighted by Crippen LogP contribution is -2.05. The quantitative estimate of drug-likeness (QED) is 0.501. The fraction of sp³-hybridized carbons (Fsp3) is 0.0588. The van der Waals surface area contributed by atoms with Crippen molar-refractivity contribution in [1.82, 2.24) is 25.6 Å². The van der Waals surface area contributed by atoms with Crippen molar-refractivity contribution in [2.75, 3.05) is 5.32 Å². The second-order valence-corrected chi connectivity index (χ2v) is 5.64. The van der Waals surface area contributed by atoms with Crippen LogP contribution in [0, 0.1) is 5.82 Å². The molecule has 0 saturated heterocycles. The van der Waals surface area contributed by atoms with Crippen molar-refractivity contribution in [3.8, 4) is 22.6 Å². The molecule has 2 aromatic heterocycles. The van der Waals surface area contributed by atoms with Gasteiger partial charge in [0.15, 0.2) is 5.82 Å². The average molecular weight is 390 g/mol. The van der Waals surface area contributed by atoms with E-state index in [0.717, 1.165) is 18.5 Å². The summed E-state index contributed by atoms with van der Waals surface area (Å²) < 4.78 is 58.4. The minimum Gasteiger partial charge on any atom is -0.423 e. The van der Waals surface area contributed by atoms with Gasteiger partial charge in [0.05, 0.1) is 23.0 Å². The lowest BCUT2D eigenvalue weighted by Gasteiger charge is -2.14. The monoisotopic (exact) mass is 390 g/mol. The van der Waals surface area contributed by atoms with E-state index in [-0.39, 0.29) is 17.0 Å². The Bertz CT molecular complexity index is 1090. The van der Waals surface area contributed by atoms with Crippen molar-refractivity contribution >= 4 is 11.5 Å². The molecule has 4 rings (SSSR count). The van der Waals surface area contributed by atoms with Crippen LogP contribution >= 0.6 is 0 Å². The first-order chi connectivity index (χ1) is 13.4. The van der Waals surface area contributed by atoms with Crippen molar-refractivity contribution in [1.29, 1.82) is 0 Å². The Labute approximate surface area is 154 Å². The maximum atomic E-state index is 14.6. The number of hydrogen-bond donors (Lipinski definition) is 2. The van der Waals surface area contributed by atoms with Crippen LogP contribution in [0.5, 0.6) is 0 Å². The van der Waals surface area contributed by atoms with Crippen LogP contribution in [0.1, 0.15) is 5.56 Å². The molecule has 0 amide bonds. The Morgan fingerprint density at radius 1 is 1.07 bits per heavy atom. The number of nitrogens with one attached hydrogen (secondary N) is 2. The van der Waals surface area contributed by atoms with E-state index in [4.69, 9.17) is 4.42 Å². The van der Waals surface area contributed by atoms with Gasteiger partial charge in [0, 0.05) is 5.56 Å². The molecule has 0 bridgehead atoms. The van der Waals surface area contributed by atoms with Crippen molar-refractivity contribution in [2.45, 2.75) is 6.18 Å². The number of rotatable bonds is 4. The maximum absolute atomic E-state index is 14.6. The van der Waals surface area contributed by atoms with Crippen LogP contribution in [-0.2, 0) is 6.18 Å². The molecule has 7 nitrogen and oxygen atoms in total. The molecule has 0 aliphatic rings. The normalized spacial score (nSPS) is 11.6. The summed E-state index contributed by atoms with van der Waals surface area (Å²) in [5.74, 6) is -0.610. The Morgan fingerprint density at radius 2 is 1.93 bits per heavy atom. The van der Waals surface area contributed by atoms with E-state index in [9.17, 15) is 17.6 Å². The van der Waals surface area contributed by atoms with E-state index in [1.165, 1.54) is 6.20 Å². The number of H-pyrrole nitrogens is 1. The summed E-state index contributed by atoms with van der Waals surface area (Å²) in [6, 6.07) is 7.12. The van der Waals surface area contributed by atoms with Gasteiger partial charge in [0.2, 0.25) is 12.3 Å². The molecule has 0 aliphatic carbocycles. The molecule has 2 heterocycles. The van der Waals surface area contributed by atoms with Crippen LogP contribution in [0.25, 0.3) is 22.6 Å². The van der Waals surface area contributed by atoms with Crippen LogP contribution in [0.4, 0.5) is 29.1 Å². The van der Waals surface area contributed by atoms with Gasteiger partial charge in [-0.2, -0.15) is 23.5 Å². The fourth-order valence-corrected chi connectivity index (χ4v) is 2.70. The highest BCUT2D eigenvalue weighted by Crippen LogP contribution is 2.40. The topological polar surface area (TPSA) is 92.5 Å². The van der Waals surface area contributed by atoms with Gasteiger partial charge < -0.3 is 9.73 Å². The van der Waals surface area contributed by atoms with Crippen molar-refractivity contribution in [3.63, 3.8) is 0 Å². The number of hydrogen-bond acceptors (Lipinski definition) is 6. The molecule has 2 aromatic carbocycles. The Kier molecular flexibility index (Phi) is 4.26. The van der Waals surface area contributed by atoms with Gasteiger partial charge in [-0.05, 0) is 23.8 Å². The van der Waals surface area contributed by atoms with Crippen molar-refractivity contribution < 1.29 is 22.0 Å². The molecule has 0 spiro atoms. The smallest absolute Gasteiger partial charge is 0.416 e. The van der Waals surface area contributed by atoms with Gasteiger partial charge in [-0.1, -0.05) is 18.2 Å². The van der Waals surface area contributed by atoms with Gasteiger partial charge in [-0.25, -0.2) is 4.39 Å². The van der Waals surface area contributed by atoms with Crippen LogP contribution < -0.4 is 5.32 Å². The van der Waals surface area contributed by atoms with Gasteiger partial charge in [0.1, 0.15) is 5.82 Å². The minimum atomic E-state index is -4.65. The molecule has 0 radical (unpaired) electrons. The Balaban J connectivity index is 1.88. The van der Waals surface area contributed by atoms with E-state index in [1.54, 1.807) is 18.2 Å². The predicted octanol–water partition coefficient (Wildman–Crippen LogP) is 4.42. The second-order valence-electron chi connectivity index (χ2n) is 5.64. The van der Waals surface area contributed by atoms with Crippen LogP contribution in [-0.4, -0.2) is 25.6 Å². The predicted molar refractivity (Wildman–Crippen MR) is 89.8 cm³/mol. The van der Waals surface area contributed by atoms with Crippen molar-refractivity contribution in [2.24, 2.45) is 0 Å². The Hall–Kier alpha value is -3.76. The first kappa shape index (κ1) is 17.6. The summed E-state index contributed by atoms with van der Waals surface area (Å²) in [4.78, 5) is 0. The first-order valence-corrected chi connectivity index (χ1v) is 7.83. The molecular weight excluding hydrogens is 380 g/mol. The van der Waals surface area contributed by atoms with Crippen molar-refractivity contribution in [3.05, 3.63) is 60.4 Å². The summed E-state index contributed by atoms with van der Waals surface area (Å²) >= 11 is 0. The molecule has 0 saturated carbocycles. The van der Waals surface area contributed by atoms with E-state index in [0.29, 0.717) is 23.1 Å². The maximum Gasteiger partial charge on any atom is 0.416 e. The number of alkyl halides is 3. The molecule has 2 N–H and O–H groups in total. The average Bonchev–Trinajstić information content (AvgIpc) is 3.34. The highest BCUT2D eigenvalue weighted by atomic mass is 19.4.